The van der Waals surface area contributed by atoms with E-state index in [4.69, 9.17) is 0 Å². The van der Waals surface area contributed by atoms with Gasteiger partial charge in [-0.2, -0.15) is 0 Å². The van der Waals surface area contributed by atoms with E-state index in [-0.39, 0.29) is 0 Å². The number of carbonyl (C=O) groups is 1. The maximum atomic E-state index is 10.3. The van der Waals surface area contributed by atoms with Crippen molar-refractivity contribution in [2.45, 2.75) is 25.3 Å². The number of nitrogens with zero attached hydrogens (tertiary/aromatic N) is 2. The first kappa shape index (κ1) is 10.7. The van der Waals surface area contributed by atoms with Gasteiger partial charge in [-0.15, -0.1) is 0 Å². The summed E-state index contributed by atoms with van der Waals surface area (Å²) in [6, 6.07) is 0.567. The molecule has 1 aliphatic heterocycles. The van der Waals surface area contributed by atoms with Gasteiger partial charge in [-0.1, -0.05) is 0 Å². The van der Waals surface area contributed by atoms with Gasteiger partial charge < -0.3 is 14.6 Å². The minimum Gasteiger partial charge on any atom is -0.305 e. The van der Waals surface area contributed by atoms with Crippen molar-refractivity contribution in [3.63, 3.8) is 0 Å². The Morgan fingerprint density at radius 3 is 2.85 bits per heavy atom. The van der Waals surface area contributed by atoms with E-state index in [9.17, 15) is 4.79 Å². The summed E-state index contributed by atoms with van der Waals surface area (Å²) >= 11 is 0. The number of aldehydes is 1. The highest BCUT2D eigenvalue weighted by Crippen LogP contribution is 2.10. The van der Waals surface area contributed by atoms with Gasteiger partial charge in [0.2, 0.25) is 0 Å². The zero-order valence-corrected chi connectivity index (χ0v) is 8.70. The van der Waals surface area contributed by atoms with Crippen LogP contribution in [0.5, 0.6) is 0 Å². The first-order chi connectivity index (χ1) is 6.24. The normalized spacial score (nSPS) is 27.1. The van der Waals surface area contributed by atoms with Gasteiger partial charge in [-0.25, -0.2) is 0 Å². The molecule has 1 aliphatic rings. The molecule has 1 unspecified atom stereocenters. The van der Waals surface area contributed by atoms with Crippen molar-refractivity contribution >= 4 is 6.29 Å². The maximum absolute atomic E-state index is 10.3. The fourth-order valence-electron chi connectivity index (χ4n) is 1.94. The molecule has 1 rings (SSSR count). The van der Waals surface area contributed by atoms with Crippen LogP contribution in [0.3, 0.4) is 0 Å². The van der Waals surface area contributed by atoms with Crippen LogP contribution in [0.15, 0.2) is 0 Å². The van der Waals surface area contributed by atoms with Crippen LogP contribution in [-0.2, 0) is 4.79 Å². The van der Waals surface area contributed by atoms with Crippen LogP contribution in [0.4, 0.5) is 0 Å². The second kappa shape index (κ2) is 5.35. The first-order valence-electron chi connectivity index (χ1n) is 5.06. The summed E-state index contributed by atoms with van der Waals surface area (Å²) in [6.07, 6.45) is 3.97. The van der Waals surface area contributed by atoms with Crippen molar-refractivity contribution in [2.75, 3.05) is 33.7 Å². The maximum Gasteiger partial charge on any atom is 0.120 e. The Hall–Kier alpha value is -0.410. The Balaban J connectivity index is 2.41. The zero-order valence-electron chi connectivity index (χ0n) is 8.70. The van der Waals surface area contributed by atoms with Gasteiger partial charge in [0.1, 0.15) is 6.29 Å². The van der Waals surface area contributed by atoms with Crippen LogP contribution >= 0.6 is 0 Å². The van der Waals surface area contributed by atoms with Crippen molar-refractivity contribution in [3.8, 4) is 0 Å². The molecule has 0 aromatic carbocycles. The van der Waals surface area contributed by atoms with Crippen LogP contribution in [0, 0.1) is 0 Å². The molecule has 13 heavy (non-hydrogen) atoms. The second-order valence-electron chi connectivity index (χ2n) is 3.99. The molecule has 0 spiro atoms. The van der Waals surface area contributed by atoms with Crippen molar-refractivity contribution in [2.24, 2.45) is 0 Å². The lowest BCUT2D eigenvalue weighted by molar-refractivity contribution is -0.108. The number of hydrogen-bond acceptors (Lipinski definition) is 3. The summed E-state index contributed by atoms with van der Waals surface area (Å²) in [7, 11) is 4.32. The van der Waals surface area contributed by atoms with E-state index in [2.05, 4.69) is 23.9 Å². The molecule has 1 heterocycles. The van der Waals surface area contributed by atoms with Crippen molar-refractivity contribution in [1.29, 1.82) is 0 Å². The molecule has 0 bridgehead atoms. The predicted molar refractivity (Wildman–Crippen MR) is 53.8 cm³/mol. The average molecular weight is 184 g/mol. The number of carbonyl (C=O) groups excluding carboxylic acids is 1. The topological polar surface area (TPSA) is 23.6 Å². The molecule has 0 amide bonds. The van der Waals surface area contributed by atoms with Crippen molar-refractivity contribution in [1.82, 2.24) is 9.80 Å². The first-order valence-corrected chi connectivity index (χ1v) is 5.06. The van der Waals surface area contributed by atoms with Gasteiger partial charge in [0, 0.05) is 19.0 Å². The molecule has 1 fully saturated rings. The summed E-state index contributed by atoms with van der Waals surface area (Å²) < 4.78 is 0. The predicted octanol–water partition coefficient (Wildman–Crippen LogP) is 0.601. The molecule has 76 valence electrons. The molecule has 3 nitrogen and oxygen atoms in total. The van der Waals surface area contributed by atoms with Gasteiger partial charge in [-0.05, 0) is 40.0 Å². The lowest BCUT2D eigenvalue weighted by atomic mass is 10.1. The standard InChI is InChI=1S/C10H20N2O/c1-11-6-4-7-12(2)10(9-11)5-3-8-13/h8,10H,3-7,9H2,1-2H3. The molecule has 1 atom stereocenters. The quantitative estimate of drug-likeness (QED) is 0.600. The summed E-state index contributed by atoms with van der Waals surface area (Å²) in [6.45, 7) is 3.44. The van der Waals surface area contributed by atoms with Crippen LogP contribution < -0.4 is 0 Å². The van der Waals surface area contributed by atoms with E-state index in [1.807, 2.05) is 0 Å². The Morgan fingerprint density at radius 2 is 2.15 bits per heavy atom. The lowest BCUT2D eigenvalue weighted by Crippen LogP contribution is -2.37. The number of rotatable bonds is 3. The average Bonchev–Trinajstić information content (AvgIpc) is 2.25. The van der Waals surface area contributed by atoms with Crippen LogP contribution in [0.25, 0.3) is 0 Å². The van der Waals surface area contributed by atoms with Crippen molar-refractivity contribution in [3.05, 3.63) is 0 Å². The smallest absolute Gasteiger partial charge is 0.120 e. The van der Waals surface area contributed by atoms with Gasteiger partial charge >= 0.3 is 0 Å². The van der Waals surface area contributed by atoms with E-state index >= 15 is 0 Å². The molecular weight excluding hydrogens is 164 g/mol. The Morgan fingerprint density at radius 1 is 1.38 bits per heavy atom. The molecule has 0 aliphatic carbocycles. The van der Waals surface area contributed by atoms with E-state index in [0.29, 0.717) is 12.5 Å². The minimum absolute atomic E-state index is 0.567. The third-order valence-corrected chi connectivity index (χ3v) is 2.81. The highest BCUT2D eigenvalue weighted by atomic mass is 16.1. The van der Waals surface area contributed by atoms with Gasteiger partial charge in [0.25, 0.3) is 0 Å². The fourth-order valence-corrected chi connectivity index (χ4v) is 1.94. The van der Waals surface area contributed by atoms with E-state index in [1.165, 1.54) is 13.0 Å². The van der Waals surface area contributed by atoms with E-state index in [1.54, 1.807) is 0 Å². The van der Waals surface area contributed by atoms with Gasteiger partial charge in [-0.3, -0.25) is 0 Å². The molecule has 1 saturated heterocycles. The molecular formula is C10H20N2O. The van der Waals surface area contributed by atoms with Gasteiger partial charge in [0.15, 0.2) is 0 Å². The molecule has 0 saturated carbocycles. The summed E-state index contributed by atoms with van der Waals surface area (Å²) in [5.41, 5.74) is 0. The molecule has 0 radical (unpaired) electrons. The third-order valence-electron chi connectivity index (χ3n) is 2.81. The van der Waals surface area contributed by atoms with E-state index in [0.717, 1.165) is 25.8 Å². The van der Waals surface area contributed by atoms with Crippen LogP contribution in [0.2, 0.25) is 0 Å². The summed E-state index contributed by atoms with van der Waals surface area (Å²) in [4.78, 5) is 15.0. The Labute approximate surface area is 80.7 Å². The Bertz CT molecular complexity index is 161. The second-order valence-corrected chi connectivity index (χ2v) is 3.99. The molecule has 0 N–H and O–H groups in total. The fraction of sp³-hybridized carbons (Fsp3) is 0.900. The SMILES string of the molecule is CN1CCCN(C)C(CCC=O)C1. The van der Waals surface area contributed by atoms with Gasteiger partial charge in [0.05, 0.1) is 0 Å². The third kappa shape index (κ3) is 3.44. The zero-order chi connectivity index (χ0) is 9.68. The lowest BCUT2D eigenvalue weighted by Gasteiger charge is -2.26. The molecule has 0 aromatic rings. The largest absolute Gasteiger partial charge is 0.305 e. The van der Waals surface area contributed by atoms with Crippen LogP contribution in [0.1, 0.15) is 19.3 Å². The highest BCUT2D eigenvalue weighted by molar-refractivity contribution is 5.49. The molecule has 0 aromatic heterocycles. The number of hydrogen-bond donors (Lipinski definition) is 0. The Kier molecular flexibility index (Phi) is 4.39. The summed E-state index contributed by atoms with van der Waals surface area (Å²) in [5.74, 6) is 0. The van der Waals surface area contributed by atoms with E-state index < -0.39 is 0 Å². The minimum atomic E-state index is 0.567. The monoisotopic (exact) mass is 184 g/mol. The van der Waals surface area contributed by atoms with Crippen molar-refractivity contribution < 1.29 is 4.79 Å². The summed E-state index contributed by atoms with van der Waals surface area (Å²) in [5, 5.41) is 0. The highest BCUT2D eigenvalue weighted by Gasteiger charge is 2.19. The molecule has 3 heteroatoms. The number of likely N-dealkylation sites (N-methyl/N-ethyl adjacent to an activating group) is 2. The van der Waals surface area contributed by atoms with Crippen LogP contribution in [-0.4, -0.2) is 55.9 Å².